The Bertz CT molecular complexity index is 797. The van der Waals surface area contributed by atoms with Crippen LogP contribution in [0.2, 0.25) is 0 Å². The topological polar surface area (TPSA) is 43.8 Å². The van der Waals surface area contributed by atoms with Gasteiger partial charge in [-0.1, -0.05) is 40.2 Å². The van der Waals surface area contributed by atoms with Crippen molar-refractivity contribution < 1.29 is 4.39 Å². The van der Waals surface area contributed by atoms with Crippen LogP contribution < -0.4 is 5.73 Å². The normalized spacial score (nSPS) is 12.8. The average Bonchev–Trinajstić information content (AvgIpc) is 2.76. The first-order valence-electron chi connectivity index (χ1n) is 6.67. The Morgan fingerprint density at radius 3 is 2.81 bits per heavy atom. The van der Waals surface area contributed by atoms with E-state index in [9.17, 15) is 4.39 Å². The second-order valence-electron chi connectivity index (χ2n) is 5.06. The number of hydrogen-bond donors (Lipinski definition) is 1. The Labute approximate surface area is 130 Å². The molecule has 108 valence electrons. The first-order valence-corrected chi connectivity index (χ1v) is 7.46. The molecule has 1 heterocycles. The number of nitrogens with zero attached hydrogens (tertiary/aromatic N) is 2. The predicted octanol–water partition coefficient (Wildman–Crippen LogP) is 3.72. The molecule has 0 radical (unpaired) electrons. The molecule has 2 N–H and O–H groups in total. The molecule has 1 aromatic heterocycles. The first-order chi connectivity index (χ1) is 10.1. The molecule has 0 aliphatic rings. The van der Waals surface area contributed by atoms with Crippen LogP contribution >= 0.6 is 15.9 Å². The van der Waals surface area contributed by atoms with Gasteiger partial charge >= 0.3 is 0 Å². The maximum absolute atomic E-state index is 13.2. The smallest absolute Gasteiger partial charge is 0.124 e. The molecule has 2 aromatic carbocycles. The molecule has 21 heavy (non-hydrogen) atoms. The van der Waals surface area contributed by atoms with Gasteiger partial charge in [-0.2, -0.15) is 5.10 Å². The third-order valence-electron chi connectivity index (χ3n) is 3.61. The van der Waals surface area contributed by atoms with E-state index in [1.165, 1.54) is 12.1 Å². The highest BCUT2D eigenvalue weighted by atomic mass is 79.9. The molecule has 1 unspecified atom stereocenters. The lowest BCUT2D eigenvalue weighted by Gasteiger charge is -2.13. The molecule has 0 amide bonds. The number of nitrogens with two attached hydrogens (primary N) is 1. The van der Waals surface area contributed by atoms with Gasteiger partial charge in [0, 0.05) is 29.4 Å². The van der Waals surface area contributed by atoms with Crippen molar-refractivity contribution in [2.24, 2.45) is 12.8 Å². The minimum atomic E-state index is -0.277. The Morgan fingerprint density at radius 1 is 1.29 bits per heavy atom. The molecule has 0 aliphatic carbocycles. The van der Waals surface area contributed by atoms with Gasteiger partial charge in [-0.15, -0.1) is 0 Å². The van der Waals surface area contributed by atoms with Crippen molar-refractivity contribution in [1.29, 1.82) is 0 Å². The van der Waals surface area contributed by atoms with Crippen molar-refractivity contribution in [2.75, 3.05) is 0 Å². The van der Waals surface area contributed by atoms with E-state index in [2.05, 4.69) is 21.0 Å². The fourth-order valence-corrected chi connectivity index (χ4v) is 3.20. The molecule has 1 atom stereocenters. The van der Waals surface area contributed by atoms with Crippen LogP contribution in [0.4, 0.5) is 4.39 Å². The van der Waals surface area contributed by atoms with Gasteiger partial charge in [0.25, 0.3) is 0 Å². The molecule has 0 bridgehead atoms. The monoisotopic (exact) mass is 347 g/mol. The van der Waals surface area contributed by atoms with Gasteiger partial charge in [-0.05, 0) is 23.8 Å². The summed E-state index contributed by atoms with van der Waals surface area (Å²) in [7, 11) is 1.92. The van der Waals surface area contributed by atoms with Crippen LogP contribution in [0.3, 0.4) is 0 Å². The van der Waals surface area contributed by atoms with E-state index in [1.54, 1.807) is 6.07 Å². The number of fused-ring (bicyclic) bond motifs is 1. The summed E-state index contributed by atoms with van der Waals surface area (Å²) in [4.78, 5) is 0. The highest BCUT2D eigenvalue weighted by molar-refractivity contribution is 9.10. The van der Waals surface area contributed by atoms with E-state index < -0.39 is 0 Å². The Balaban J connectivity index is 1.94. The van der Waals surface area contributed by atoms with Crippen molar-refractivity contribution in [1.82, 2.24) is 9.78 Å². The molecule has 3 rings (SSSR count). The first kappa shape index (κ1) is 14.2. The standard InChI is InChI=1S/C16H15BrFN3/c1-21-16-5-3-2-4-12(16)15(20-21)9-14(19)11-7-6-10(18)8-13(11)17/h2-8,14H,9,19H2,1H3. The van der Waals surface area contributed by atoms with Gasteiger partial charge in [-0.3, -0.25) is 4.68 Å². The van der Waals surface area contributed by atoms with Crippen LogP contribution in [0.5, 0.6) is 0 Å². The van der Waals surface area contributed by atoms with Crippen molar-refractivity contribution in [3.8, 4) is 0 Å². The minimum absolute atomic E-state index is 0.238. The Morgan fingerprint density at radius 2 is 2.05 bits per heavy atom. The van der Waals surface area contributed by atoms with Crippen molar-refractivity contribution in [3.05, 3.63) is 64.0 Å². The molecule has 0 aliphatic heterocycles. The molecule has 5 heteroatoms. The number of aromatic nitrogens is 2. The van der Waals surface area contributed by atoms with E-state index in [-0.39, 0.29) is 11.9 Å². The van der Waals surface area contributed by atoms with Crippen LogP contribution in [-0.4, -0.2) is 9.78 Å². The zero-order chi connectivity index (χ0) is 15.0. The molecular formula is C16H15BrFN3. The third-order valence-corrected chi connectivity index (χ3v) is 4.30. The van der Waals surface area contributed by atoms with Crippen molar-refractivity contribution >= 4 is 26.8 Å². The molecule has 0 spiro atoms. The van der Waals surface area contributed by atoms with Crippen LogP contribution in [-0.2, 0) is 13.5 Å². The van der Waals surface area contributed by atoms with Crippen LogP contribution in [0.15, 0.2) is 46.9 Å². The number of aryl methyl sites for hydroxylation is 1. The van der Waals surface area contributed by atoms with Gasteiger partial charge in [0.15, 0.2) is 0 Å². The number of halogens is 2. The Kier molecular flexibility index (Phi) is 3.78. The maximum Gasteiger partial charge on any atom is 0.124 e. The summed E-state index contributed by atoms with van der Waals surface area (Å²) in [6, 6.07) is 12.4. The lowest BCUT2D eigenvalue weighted by molar-refractivity contribution is 0.622. The van der Waals surface area contributed by atoms with E-state index in [4.69, 9.17) is 5.73 Å². The van der Waals surface area contributed by atoms with E-state index in [0.717, 1.165) is 22.2 Å². The third kappa shape index (κ3) is 2.71. The van der Waals surface area contributed by atoms with Gasteiger partial charge < -0.3 is 5.73 Å². The highest BCUT2D eigenvalue weighted by Crippen LogP contribution is 2.27. The van der Waals surface area contributed by atoms with Crippen molar-refractivity contribution in [2.45, 2.75) is 12.5 Å². The summed E-state index contributed by atoms with van der Waals surface area (Å²) in [5.74, 6) is -0.277. The van der Waals surface area contributed by atoms with Gasteiger partial charge in [-0.25, -0.2) is 4.39 Å². The molecule has 0 saturated carbocycles. The summed E-state index contributed by atoms with van der Waals surface area (Å²) in [6.45, 7) is 0. The predicted molar refractivity (Wildman–Crippen MR) is 85.4 cm³/mol. The second-order valence-corrected chi connectivity index (χ2v) is 5.92. The molecular weight excluding hydrogens is 333 g/mol. The van der Waals surface area contributed by atoms with Crippen LogP contribution in [0.25, 0.3) is 10.9 Å². The van der Waals surface area contributed by atoms with Gasteiger partial charge in [0.05, 0.1) is 11.2 Å². The summed E-state index contributed by atoms with van der Waals surface area (Å²) in [5, 5.41) is 5.66. The largest absolute Gasteiger partial charge is 0.324 e. The van der Waals surface area contributed by atoms with E-state index in [0.29, 0.717) is 10.9 Å². The highest BCUT2D eigenvalue weighted by Gasteiger charge is 2.15. The summed E-state index contributed by atoms with van der Waals surface area (Å²) in [5.41, 5.74) is 9.19. The average molecular weight is 348 g/mol. The SMILES string of the molecule is Cn1nc(CC(N)c2ccc(F)cc2Br)c2ccccc21. The zero-order valence-electron chi connectivity index (χ0n) is 11.6. The van der Waals surface area contributed by atoms with E-state index >= 15 is 0 Å². The number of benzene rings is 2. The number of para-hydroxylation sites is 1. The molecule has 0 saturated heterocycles. The number of rotatable bonds is 3. The molecule has 0 fully saturated rings. The van der Waals surface area contributed by atoms with Crippen LogP contribution in [0, 0.1) is 5.82 Å². The van der Waals surface area contributed by atoms with Gasteiger partial charge in [0.1, 0.15) is 5.82 Å². The lowest BCUT2D eigenvalue weighted by Crippen LogP contribution is -2.14. The van der Waals surface area contributed by atoms with Crippen LogP contribution in [0.1, 0.15) is 17.3 Å². The van der Waals surface area contributed by atoms with Crippen molar-refractivity contribution in [3.63, 3.8) is 0 Å². The maximum atomic E-state index is 13.2. The van der Waals surface area contributed by atoms with Gasteiger partial charge in [0.2, 0.25) is 0 Å². The lowest BCUT2D eigenvalue weighted by atomic mass is 10.0. The Hall–Kier alpha value is -1.72. The molecule has 3 nitrogen and oxygen atoms in total. The fraction of sp³-hybridized carbons (Fsp3) is 0.188. The second kappa shape index (κ2) is 5.58. The quantitative estimate of drug-likeness (QED) is 0.784. The number of hydrogen-bond acceptors (Lipinski definition) is 2. The summed E-state index contributed by atoms with van der Waals surface area (Å²) < 4.78 is 15.7. The van der Waals surface area contributed by atoms with E-state index in [1.807, 2.05) is 36.0 Å². The fourth-order valence-electron chi connectivity index (χ4n) is 2.56. The molecule has 3 aromatic rings. The summed E-state index contributed by atoms with van der Waals surface area (Å²) >= 11 is 3.37. The minimum Gasteiger partial charge on any atom is -0.324 e. The zero-order valence-corrected chi connectivity index (χ0v) is 13.1. The summed E-state index contributed by atoms with van der Waals surface area (Å²) in [6.07, 6.45) is 0.603.